The number of rotatable bonds is 11. The van der Waals surface area contributed by atoms with Crippen molar-refractivity contribution >= 4 is 104 Å². The van der Waals surface area contributed by atoms with E-state index in [2.05, 4.69) is 136 Å². The zero-order chi connectivity index (χ0) is 46.2. The number of esters is 3. The molecule has 5 aromatic heterocycles. The molecular weight excluding hydrogens is 1160 g/mol. The largest absolute Gasteiger partial charge is 0.466 e. The summed E-state index contributed by atoms with van der Waals surface area (Å²) in [5, 5.41) is 0. The first-order chi connectivity index (χ1) is 30.8. The highest BCUT2D eigenvalue weighted by Gasteiger charge is 2.48. The van der Waals surface area contributed by atoms with Gasteiger partial charge >= 0.3 is 17.9 Å². The Morgan fingerprint density at radius 3 is 1.05 bits per heavy atom. The van der Waals surface area contributed by atoms with Crippen molar-refractivity contribution in [2.24, 2.45) is 17.8 Å². The number of carbonyl (C=O) groups is 3. The van der Waals surface area contributed by atoms with Crippen LogP contribution in [0, 0.1) is 17.8 Å². The van der Waals surface area contributed by atoms with Crippen molar-refractivity contribution in [3.8, 4) is 0 Å². The highest BCUT2D eigenvalue weighted by molar-refractivity contribution is 9.11. The number of ether oxygens (including phenoxy) is 4. The van der Waals surface area contributed by atoms with E-state index in [4.69, 9.17) is 18.9 Å². The van der Waals surface area contributed by atoms with E-state index in [9.17, 15) is 14.4 Å². The predicted molar refractivity (Wildman–Crippen MR) is 250 cm³/mol. The lowest BCUT2D eigenvalue weighted by atomic mass is 10.2. The molecule has 0 aromatic carbocycles. The summed E-state index contributed by atoms with van der Waals surface area (Å²) in [4.78, 5) is 75.0. The summed E-state index contributed by atoms with van der Waals surface area (Å²) in [7, 11) is 0. The number of epoxide rings is 1. The average molecular weight is 1200 g/mol. The van der Waals surface area contributed by atoms with E-state index in [-0.39, 0.29) is 59.5 Å². The van der Waals surface area contributed by atoms with Crippen LogP contribution < -0.4 is 0 Å². The van der Waals surface area contributed by atoms with Gasteiger partial charge in [-0.05, 0) is 126 Å². The maximum atomic E-state index is 11.4. The monoisotopic (exact) mass is 1190 g/mol. The van der Waals surface area contributed by atoms with Crippen LogP contribution >= 0.6 is 79.6 Å². The molecule has 7 atom stereocenters. The Balaban J connectivity index is 0.000000153. The molecule has 4 aliphatic rings. The third kappa shape index (κ3) is 16.7. The highest BCUT2D eigenvalue weighted by Crippen LogP contribution is 2.48. The minimum atomic E-state index is -0.118. The fraction of sp³-hybridized carbons (Fsp3) is 0.405. The summed E-state index contributed by atoms with van der Waals surface area (Å²) in [6, 6.07) is 0. The van der Waals surface area contributed by atoms with Crippen molar-refractivity contribution in [1.29, 1.82) is 0 Å². The fourth-order valence-electron chi connectivity index (χ4n) is 5.77. The molecule has 0 bridgehead atoms. The normalized spacial score (nSPS) is 21.4. The van der Waals surface area contributed by atoms with Crippen molar-refractivity contribution in [3.63, 3.8) is 0 Å². The van der Waals surface area contributed by atoms with Crippen molar-refractivity contribution in [2.45, 2.75) is 63.9 Å². The van der Waals surface area contributed by atoms with Crippen LogP contribution in [0.15, 0.2) is 91.6 Å². The molecule has 338 valence electrons. The molecule has 1 saturated heterocycles. The standard InChI is InChI=1S/3C10H11BrN2O2.C6H5BrN2O.C6H5BrN2/c3*1-2-15-10(14)7-3-6(7)8-4-13-9(11)5-12-8;7-6-2-8-4(1-9-6)5-3-10-5;1-2-5-3-9-6(7)4-8-5/h3*4-7H,2-3H2,1H3;1-2,5H,3H2;2-4H,1H2/t2*6-,7-;;;/m10.../s1. The Labute approximate surface area is 411 Å². The van der Waals surface area contributed by atoms with Gasteiger partial charge in [0.05, 0.1) is 135 Å². The third-order valence-electron chi connectivity index (χ3n) is 9.35. The third-order valence-corrected chi connectivity index (χ3v) is 11.4. The zero-order valence-electron chi connectivity index (χ0n) is 34.8. The fourth-order valence-corrected chi connectivity index (χ4v) is 6.80. The lowest BCUT2D eigenvalue weighted by Gasteiger charge is -2.00. The maximum absolute atomic E-state index is 11.4. The first-order valence-electron chi connectivity index (χ1n) is 20.0. The van der Waals surface area contributed by atoms with Crippen LogP contribution in [-0.2, 0) is 33.3 Å². The van der Waals surface area contributed by atoms with Crippen molar-refractivity contribution in [1.82, 2.24) is 49.8 Å². The van der Waals surface area contributed by atoms with Gasteiger partial charge in [0.15, 0.2) is 0 Å². The van der Waals surface area contributed by atoms with Gasteiger partial charge in [-0.15, -0.1) is 0 Å². The SMILES string of the molecule is Brc1cnc(C2CO2)cn1.C=Cc1cnc(Br)cn1.CCOC(=O)C1CC1c1cnc(Br)cn1.CCOC(=O)[C@@H]1C[C@H]1c1cnc(Br)cn1.CCOC(=O)[C@H]1C[C@@H]1c1cnc(Br)cn1. The van der Waals surface area contributed by atoms with Gasteiger partial charge in [-0.25, -0.2) is 24.9 Å². The molecule has 3 saturated carbocycles. The predicted octanol–water partition coefficient (Wildman–Crippen LogP) is 8.91. The van der Waals surface area contributed by atoms with Crippen molar-refractivity contribution in [3.05, 3.63) is 120 Å². The second-order valence-corrected chi connectivity index (χ2v) is 18.0. The second-order valence-electron chi connectivity index (χ2n) is 13.9. The van der Waals surface area contributed by atoms with Crippen LogP contribution in [-0.4, -0.2) is 94.2 Å². The molecule has 6 heterocycles. The van der Waals surface area contributed by atoms with Gasteiger partial charge in [0.25, 0.3) is 0 Å². The van der Waals surface area contributed by atoms with Crippen LogP contribution in [0.2, 0.25) is 0 Å². The Morgan fingerprint density at radius 1 is 0.516 bits per heavy atom. The number of carbonyl (C=O) groups excluding carboxylic acids is 3. The molecule has 4 fully saturated rings. The summed E-state index contributed by atoms with van der Waals surface area (Å²) < 4.78 is 23.5. The number of nitrogens with zero attached hydrogens (tertiary/aromatic N) is 10. The topological polar surface area (TPSA) is 220 Å². The van der Waals surface area contributed by atoms with E-state index < -0.39 is 0 Å². The summed E-state index contributed by atoms with van der Waals surface area (Å²) >= 11 is 16.0. The molecule has 64 heavy (non-hydrogen) atoms. The van der Waals surface area contributed by atoms with Gasteiger partial charge in [-0.2, -0.15) is 0 Å². The minimum Gasteiger partial charge on any atom is -0.466 e. The van der Waals surface area contributed by atoms with Gasteiger partial charge in [0.1, 0.15) is 29.1 Å². The van der Waals surface area contributed by atoms with Crippen LogP contribution in [0.3, 0.4) is 0 Å². The Kier molecular flexibility index (Phi) is 20.3. The summed E-state index contributed by atoms with van der Waals surface area (Å²) in [5.74, 6) is 0.201. The number of hydrogen-bond donors (Lipinski definition) is 0. The van der Waals surface area contributed by atoms with Crippen molar-refractivity contribution < 1.29 is 33.3 Å². The van der Waals surface area contributed by atoms with E-state index >= 15 is 0 Å². The molecular formula is C42H43Br5N10O7. The second kappa shape index (κ2) is 25.6. The number of aromatic nitrogens is 10. The molecule has 0 N–H and O–H groups in total. The van der Waals surface area contributed by atoms with E-state index in [1.165, 1.54) is 0 Å². The molecule has 0 spiro atoms. The van der Waals surface area contributed by atoms with Crippen LogP contribution in [0.25, 0.3) is 6.08 Å². The molecule has 0 radical (unpaired) electrons. The first-order valence-corrected chi connectivity index (χ1v) is 23.9. The van der Waals surface area contributed by atoms with Crippen LogP contribution in [0.1, 0.15) is 92.4 Å². The zero-order valence-corrected chi connectivity index (χ0v) is 42.7. The lowest BCUT2D eigenvalue weighted by Crippen LogP contribution is -2.07. The van der Waals surface area contributed by atoms with Gasteiger partial charge in [-0.1, -0.05) is 6.58 Å². The number of hydrogen-bond acceptors (Lipinski definition) is 17. The molecule has 22 heteroatoms. The number of halogens is 5. The van der Waals surface area contributed by atoms with Gasteiger partial charge < -0.3 is 18.9 Å². The molecule has 3 aliphatic carbocycles. The molecule has 9 rings (SSSR count). The van der Waals surface area contributed by atoms with E-state index in [0.717, 1.165) is 63.5 Å². The molecule has 3 unspecified atom stereocenters. The summed E-state index contributed by atoms with van der Waals surface area (Å²) in [6.45, 7) is 11.1. The van der Waals surface area contributed by atoms with Gasteiger partial charge in [0, 0.05) is 17.8 Å². The summed E-state index contributed by atoms with van der Waals surface area (Å²) in [6.07, 6.45) is 21.1. The van der Waals surface area contributed by atoms with Crippen LogP contribution in [0.4, 0.5) is 0 Å². The first kappa shape index (κ1) is 50.9. The maximum Gasteiger partial charge on any atom is 0.309 e. The van der Waals surface area contributed by atoms with Crippen LogP contribution in [0.5, 0.6) is 0 Å². The molecule has 5 aromatic rings. The van der Waals surface area contributed by atoms with Crippen molar-refractivity contribution in [2.75, 3.05) is 26.4 Å². The van der Waals surface area contributed by atoms with E-state index in [0.29, 0.717) is 33.6 Å². The van der Waals surface area contributed by atoms with Gasteiger partial charge in [-0.3, -0.25) is 39.3 Å². The lowest BCUT2D eigenvalue weighted by molar-refractivity contribution is -0.145. The molecule has 1 aliphatic heterocycles. The Hall–Kier alpha value is -4.09. The van der Waals surface area contributed by atoms with E-state index in [1.54, 1.807) is 68.0 Å². The molecule has 0 amide bonds. The smallest absolute Gasteiger partial charge is 0.309 e. The summed E-state index contributed by atoms with van der Waals surface area (Å²) in [5.41, 5.74) is 4.32. The minimum absolute atomic E-state index is 0.0135. The Morgan fingerprint density at radius 2 is 0.812 bits per heavy atom. The Bertz CT molecular complexity index is 2110. The average Bonchev–Trinajstić information content (AvgIpc) is 4.09. The van der Waals surface area contributed by atoms with E-state index in [1.807, 2.05) is 20.8 Å². The highest BCUT2D eigenvalue weighted by atomic mass is 79.9. The quantitative estimate of drug-likeness (QED) is 0.0684. The van der Waals surface area contributed by atoms with Gasteiger partial charge in [0.2, 0.25) is 0 Å². The molecule has 17 nitrogen and oxygen atoms in total.